The number of carbonyl (C=O) groups is 1. The maximum Gasteiger partial charge on any atom is 0.310 e. The van der Waals surface area contributed by atoms with Crippen molar-refractivity contribution in [2.45, 2.75) is 38.8 Å². The number of anilines is 1. The molecule has 3 aromatic rings. The van der Waals surface area contributed by atoms with Gasteiger partial charge in [0.1, 0.15) is 5.75 Å². The molecule has 1 heterocycles. The van der Waals surface area contributed by atoms with E-state index in [1.165, 1.54) is 16.3 Å². The van der Waals surface area contributed by atoms with Crippen molar-refractivity contribution in [3.63, 3.8) is 0 Å². The van der Waals surface area contributed by atoms with Crippen molar-refractivity contribution in [1.82, 2.24) is 5.32 Å². The van der Waals surface area contributed by atoms with Crippen molar-refractivity contribution in [3.8, 4) is 5.75 Å². The molecule has 1 aliphatic heterocycles. The Morgan fingerprint density at radius 2 is 1.97 bits per heavy atom. The van der Waals surface area contributed by atoms with E-state index in [1.54, 1.807) is 7.11 Å². The van der Waals surface area contributed by atoms with Gasteiger partial charge in [0.25, 0.3) is 0 Å². The minimum Gasteiger partial charge on any atom is -0.496 e. The highest BCUT2D eigenvalue weighted by Gasteiger charge is 2.25. The highest BCUT2D eigenvalue weighted by atomic mass is 16.5. The summed E-state index contributed by atoms with van der Waals surface area (Å²) < 4.78 is 10.6. The number of carbonyl (C=O) groups excluding carboxylic acids is 1. The number of benzene rings is 3. The van der Waals surface area contributed by atoms with Gasteiger partial charge in [0.15, 0.2) is 0 Å². The van der Waals surface area contributed by atoms with Crippen LogP contribution in [0.25, 0.3) is 10.8 Å². The molecule has 4 rings (SSSR count). The Balaban J connectivity index is 1.42. The van der Waals surface area contributed by atoms with Gasteiger partial charge in [0.2, 0.25) is 0 Å². The summed E-state index contributed by atoms with van der Waals surface area (Å²) in [4.78, 5) is 14.2. The molecule has 168 valence electrons. The van der Waals surface area contributed by atoms with Gasteiger partial charge in [-0.3, -0.25) is 4.79 Å². The van der Waals surface area contributed by atoms with E-state index in [-0.39, 0.29) is 18.4 Å². The normalized spacial score (nSPS) is 16.8. The minimum atomic E-state index is -0.230. The second-order valence-electron chi connectivity index (χ2n) is 8.37. The van der Waals surface area contributed by atoms with Gasteiger partial charge in [0.05, 0.1) is 20.1 Å². The van der Waals surface area contributed by atoms with Crippen molar-refractivity contribution < 1.29 is 14.3 Å². The first kappa shape index (κ1) is 22.2. The Morgan fingerprint density at radius 1 is 1.16 bits per heavy atom. The molecule has 5 heteroatoms. The topological polar surface area (TPSA) is 50.8 Å². The van der Waals surface area contributed by atoms with Crippen molar-refractivity contribution in [3.05, 3.63) is 71.8 Å². The second-order valence-corrected chi connectivity index (χ2v) is 8.37. The van der Waals surface area contributed by atoms with Crippen molar-refractivity contribution >= 4 is 22.4 Å². The van der Waals surface area contributed by atoms with Crippen LogP contribution in [0.1, 0.15) is 37.4 Å². The third kappa shape index (κ3) is 4.89. The predicted octanol–water partition coefficient (Wildman–Crippen LogP) is 4.88. The second kappa shape index (κ2) is 10.0. The van der Waals surface area contributed by atoms with Crippen LogP contribution in [0, 0.1) is 0 Å². The van der Waals surface area contributed by atoms with Gasteiger partial charge in [0, 0.05) is 42.5 Å². The average Bonchev–Trinajstić information content (AvgIpc) is 3.27. The van der Waals surface area contributed by atoms with E-state index in [9.17, 15) is 4.79 Å². The standard InChI is InChI=1S/C27H32N2O3/c1-4-32-27(30)16-21-12-13-23(17-26(21)31-3)29-15-14-22(18-29)28-19(2)24-11-7-9-20-8-5-6-10-25(20)24/h5-13,17,19,22,28H,4,14-16,18H2,1-3H3/t19-,22+/m1/s1. The maximum absolute atomic E-state index is 11.9. The molecule has 1 aliphatic rings. The number of ether oxygens (including phenoxy) is 2. The Bertz CT molecular complexity index is 1080. The van der Waals surface area contributed by atoms with E-state index < -0.39 is 0 Å². The first-order valence-electron chi connectivity index (χ1n) is 11.4. The molecule has 1 fully saturated rings. The predicted molar refractivity (Wildman–Crippen MR) is 129 cm³/mol. The van der Waals surface area contributed by atoms with Gasteiger partial charge in [-0.1, -0.05) is 48.5 Å². The number of rotatable bonds is 8. The van der Waals surface area contributed by atoms with Crippen LogP contribution in [0.4, 0.5) is 5.69 Å². The summed E-state index contributed by atoms with van der Waals surface area (Å²) in [7, 11) is 1.65. The summed E-state index contributed by atoms with van der Waals surface area (Å²) in [5.41, 5.74) is 3.32. The lowest BCUT2D eigenvalue weighted by atomic mass is 9.99. The van der Waals surface area contributed by atoms with Gasteiger partial charge < -0.3 is 19.7 Å². The molecule has 0 saturated carbocycles. The zero-order valence-electron chi connectivity index (χ0n) is 19.1. The SMILES string of the molecule is CCOC(=O)Cc1ccc(N2CC[C@H](N[C@H](C)c3cccc4ccccc34)C2)cc1OC. The minimum absolute atomic E-state index is 0.226. The monoisotopic (exact) mass is 432 g/mol. The number of methoxy groups -OCH3 is 1. The van der Waals surface area contributed by atoms with Crippen LogP contribution in [0.2, 0.25) is 0 Å². The first-order chi connectivity index (χ1) is 15.6. The molecule has 32 heavy (non-hydrogen) atoms. The molecule has 0 unspecified atom stereocenters. The van der Waals surface area contributed by atoms with Crippen LogP contribution in [0.5, 0.6) is 5.75 Å². The Hall–Kier alpha value is -3.05. The number of hydrogen-bond donors (Lipinski definition) is 1. The van der Waals surface area contributed by atoms with E-state index in [1.807, 2.05) is 19.1 Å². The molecule has 0 amide bonds. The molecule has 0 spiro atoms. The number of nitrogens with zero attached hydrogens (tertiary/aromatic N) is 1. The van der Waals surface area contributed by atoms with Gasteiger partial charge in [-0.2, -0.15) is 0 Å². The van der Waals surface area contributed by atoms with E-state index in [0.717, 1.165) is 36.5 Å². The molecule has 0 radical (unpaired) electrons. The molecule has 1 saturated heterocycles. The molecular formula is C27H32N2O3. The van der Waals surface area contributed by atoms with Crippen LogP contribution in [0.15, 0.2) is 60.7 Å². The number of nitrogens with one attached hydrogen (secondary N) is 1. The Morgan fingerprint density at radius 3 is 2.78 bits per heavy atom. The van der Waals surface area contributed by atoms with Crippen molar-refractivity contribution in [1.29, 1.82) is 0 Å². The van der Waals surface area contributed by atoms with Crippen molar-refractivity contribution in [2.24, 2.45) is 0 Å². The largest absolute Gasteiger partial charge is 0.496 e. The Labute approximate surface area is 190 Å². The van der Waals surface area contributed by atoms with Gasteiger partial charge >= 0.3 is 5.97 Å². The fraction of sp³-hybridized carbons (Fsp3) is 0.370. The highest BCUT2D eigenvalue weighted by molar-refractivity contribution is 5.86. The number of hydrogen-bond acceptors (Lipinski definition) is 5. The molecule has 0 aliphatic carbocycles. The van der Waals surface area contributed by atoms with E-state index >= 15 is 0 Å². The lowest BCUT2D eigenvalue weighted by Gasteiger charge is -2.23. The molecule has 3 aromatic carbocycles. The molecule has 5 nitrogen and oxygen atoms in total. The van der Waals surface area contributed by atoms with E-state index in [0.29, 0.717) is 12.6 Å². The summed E-state index contributed by atoms with van der Waals surface area (Å²) in [6, 6.07) is 21.9. The van der Waals surface area contributed by atoms with E-state index in [4.69, 9.17) is 9.47 Å². The summed E-state index contributed by atoms with van der Waals surface area (Å²) in [6.07, 6.45) is 1.31. The summed E-state index contributed by atoms with van der Waals surface area (Å²) in [6.45, 7) is 6.38. The molecule has 1 N–H and O–H groups in total. The Kier molecular flexibility index (Phi) is 6.96. The fourth-order valence-corrected chi connectivity index (χ4v) is 4.65. The summed E-state index contributed by atoms with van der Waals surface area (Å²) in [5.74, 6) is 0.502. The van der Waals surface area contributed by atoms with Crippen LogP contribution >= 0.6 is 0 Å². The lowest BCUT2D eigenvalue weighted by Crippen LogP contribution is -2.34. The number of esters is 1. The molecule has 0 bridgehead atoms. The highest BCUT2D eigenvalue weighted by Crippen LogP contribution is 2.30. The van der Waals surface area contributed by atoms with Crippen LogP contribution in [-0.2, 0) is 16.0 Å². The summed E-state index contributed by atoms with van der Waals surface area (Å²) >= 11 is 0. The zero-order chi connectivity index (χ0) is 22.5. The molecule has 0 aromatic heterocycles. The average molecular weight is 433 g/mol. The molecular weight excluding hydrogens is 400 g/mol. The van der Waals surface area contributed by atoms with Crippen LogP contribution in [0.3, 0.4) is 0 Å². The van der Waals surface area contributed by atoms with Crippen LogP contribution < -0.4 is 15.0 Å². The molecule has 2 atom stereocenters. The van der Waals surface area contributed by atoms with Gasteiger partial charge in [-0.25, -0.2) is 0 Å². The first-order valence-corrected chi connectivity index (χ1v) is 11.4. The summed E-state index contributed by atoms with van der Waals surface area (Å²) in [5, 5.41) is 6.42. The zero-order valence-corrected chi connectivity index (χ0v) is 19.1. The van der Waals surface area contributed by atoms with E-state index in [2.05, 4.69) is 65.7 Å². The maximum atomic E-state index is 11.9. The van der Waals surface area contributed by atoms with Crippen molar-refractivity contribution in [2.75, 3.05) is 31.7 Å². The third-order valence-electron chi connectivity index (χ3n) is 6.24. The lowest BCUT2D eigenvalue weighted by molar-refractivity contribution is -0.142. The smallest absolute Gasteiger partial charge is 0.310 e. The van der Waals surface area contributed by atoms with Gasteiger partial charge in [-0.05, 0) is 42.7 Å². The third-order valence-corrected chi connectivity index (χ3v) is 6.24. The number of fused-ring (bicyclic) bond motifs is 1. The fourth-order valence-electron chi connectivity index (χ4n) is 4.65. The quantitative estimate of drug-likeness (QED) is 0.514. The van der Waals surface area contributed by atoms with Gasteiger partial charge in [-0.15, -0.1) is 0 Å². The van der Waals surface area contributed by atoms with Crippen LogP contribution in [-0.4, -0.2) is 38.8 Å².